The van der Waals surface area contributed by atoms with Gasteiger partial charge in [0.05, 0.1) is 11.4 Å². The van der Waals surface area contributed by atoms with E-state index in [2.05, 4.69) is 35.0 Å². The number of nitrogens with one attached hydrogen (secondary N) is 1. The second-order valence-electron chi connectivity index (χ2n) is 3.52. The molecule has 0 saturated heterocycles. The number of hydrogen-bond acceptors (Lipinski definition) is 2. The standard InChI is InChI=1S/C11H20ClN3/c1-3-10-8-11(15(4-2)14-10)9-13-7-5-6-12/h8,13H,3-7,9H2,1-2H3. The van der Waals surface area contributed by atoms with Crippen LogP contribution in [-0.4, -0.2) is 22.2 Å². The second kappa shape index (κ2) is 6.85. The van der Waals surface area contributed by atoms with E-state index in [1.807, 2.05) is 0 Å². The lowest BCUT2D eigenvalue weighted by Gasteiger charge is -2.05. The summed E-state index contributed by atoms with van der Waals surface area (Å²) < 4.78 is 2.06. The molecule has 0 saturated carbocycles. The minimum absolute atomic E-state index is 0.722. The van der Waals surface area contributed by atoms with Crippen molar-refractivity contribution in [3.05, 3.63) is 17.5 Å². The van der Waals surface area contributed by atoms with E-state index in [1.54, 1.807) is 0 Å². The fraction of sp³-hybridized carbons (Fsp3) is 0.727. The van der Waals surface area contributed by atoms with Gasteiger partial charge >= 0.3 is 0 Å². The molecule has 4 heteroatoms. The van der Waals surface area contributed by atoms with Gasteiger partial charge in [0.25, 0.3) is 0 Å². The highest BCUT2D eigenvalue weighted by Gasteiger charge is 2.04. The number of rotatable bonds is 7. The Morgan fingerprint density at radius 2 is 2.27 bits per heavy atom. The summed E-state index contributed by atoms with van der Waals surface area (Å²) in [5, 5.41) is 7.87. The van der Waals surface area contributed by atoms with E-state index in [9.17, 15) is 0 Å². The minimum Gasteiger partial charge on any atom is -0.311 e. The highest BCUT2D eigenvalue weighted by Crippen LogP contribution is 2.05. The Bertz CT molecular complexity index is 283. The fourth-order valence-corrected chi connectivity index (χ4v) is 1.65. The molecule has 0 aromatic carbocycles. The van der Waals surface area contributed by atoms with Crippen molar-refractivity contribution in [2.24, 2.45) is 0 Å². The molecule has 86 valence electrons. The number of alkyl halides is 1. The molecule has 1 aromatic heterocycles. The predicted molar refractivity (Wildman–Crippen MR) is 64.3 cm³/mol. The van der Waals surface area contributed by atoms with Crippen molar-refractivity contribution in [2.45, 2.75) is 39.8 Å². The van der Waals surface area contributed by atoms with Crippen molar-refractivity contribution < 1.29 is 0 Å². The summed E-state index contributed by atoms with van der Waals surface area (Å²) >= 11 is 5.61. The molecule has 0 aliphatic carbocycles. The van der Waals surface area contributed by atoms with E-state index < -0.39 is 0 Å². The Labute approximate surface area is 96.8 Å². The molecule has 0 aliphatic rings. The van der Waals surface area contributed by atoms with Gasteiger partial charge in [0.2, 0.25) is 0 Å². The van der Waals surface area contributed by atoms with Crippen molar-refractivity contribution in [1.29, 1.82) is 0 Å². The first-order chi connectivity index (χ1) is 7.31. The summed E-state index contributed by atoms with van der Waals surface area (Å²) in [6.45, 7) is 7.05. The van der Waals surface area contributed by atoms with Gasteiger partial charge in [0.1, 0.15) is 0 Å². The molecule has 0 fully saturated rings. The zero-order valence-corrected chi connectivity index (χ0v) is 10.3. The maximum atomic E-state index is 5.61. The van der Waals surface area contributed by atoms with Crippen molar-refractivity contribution in [1.82, 2.24) is 15.1 Å². The molecule has 0 aliphatic heterocycles. The summed E-state index contributed by atoms with van der Waals surface area (Å²) in [6, 6.07) is 2.18. The lowest BCUT2D eigenvalue weighted by atomic mass is 10.3. The first-order valence-electron chi connectivity index (χ1n) is 5.64. The third-order valence-corrected chi connectivity index (χ3v) is 2.64. The summed E-state index contributed by atoms with van der Waals surface area (Å²) in [4.78, 5) is 0. The number of halogens is 1. The summed E-state index contributed by atoms with van der Waals surface area (Å²) in [5.41, 5.74) is 2.44. The monoisotopic (exact) mass is 229 g/mol. The molecule has 1 N–H and O–H groups in total. The summed E-state index contributed by atoms with van der Waals surface area (Å²) in [6.07, 6.45) is 2.02. The number of nitrogens with zero attached hydrogens (tertiary/aromatic N) is 2. The molecular weight excluding hydrogens is 210 g/mol. The lowest BCUT2D eigenvalue weighted by Crippen LogP contribution is -2.17. The molecule has 1 heterocycles. The van der Waals surface area contributed by atoms with Crippen LogP contribution < -0.4 is 5.32 Å². The molecule has 0 amide bonds. The average Bonchev–Trinajstić information content (AvgIpc) is 2.67. The van der Waals surface area contributed by atoms with E-state index in [-0.39, 0.29) is 0 Å². The van der Waals surface area contributed by atoms with E-state index in [0.717, 1.165) is 38.4 Å². The van der Waals surface area contributed by atoms with Crippen LogP contribution in [0.5, 0.6) is 0 Å². The van der Waals surface area contributed by atoms with Gasteiger partial charge in [0.15, 0.2) is 0 Å². The predicted octanol–water partition coefficient (Wildman–Crippen LogP) is 2.18. The van der Waals surface area contributed by atoms with E-state index in [4.69, 9.17) is 11.6 Å². The molecule has 1 aromatic rings. The van der Waals surface area contributed by atoms with Crippen LogP contribution in [0.1, 0.15) is 31.7 Å². The Hall–Kier alpha value is -0.540. The second-order valence-corrected chi connectivity index (χ2v) is 3.89. The van der Waals surface area contributed by atoms with Gasteiger partial charge in [-0.05, 0) is 32.4 Å². The third kappa shape index (κ3) is 3.84. The zero-order chi connectivity index (χ0) is 11.1. The third-order valence-electron chi connectivity index (χ3n) is 2.37. The van der Waals surface area contributed by atoms with Crippen LogP contribution in [0.3, 0.4) is 0 Å². The molecule has 15 heavy (non-hydrogen) atoms. The Balaban J connectivity index is 2.47. The molecule has 0 atom stereocenters. The lowest BCUT2D eigenvalue weighted by molar-refractivity contribution is 0.576. The molecule has 1 rings (SSSR count). The highest BCUT2D eigenvalue weighted by molar-refractivity contribution is 6.17. The maximum Gasteiger partial charge on any atom is 0.0625 e. The van der Waals surface area contributed by atoms with Crippen LogP contribution in [0.4, 0.5) is 0 Å². The molecule has 3 nitrogen and oxygen atoms in total. The van der Waals surface area contributed by atoms with Gasteiger partial charge in [-0.25, -0.2) is 0 Å². The van der Waals surface area contributed by atoms with Crippen molar-refractivity contribution in [3.8, 4) is 0 Å². The summed E-state index contributed by atoms with van der Waals surface area (Å²) in [7, 11) is 0. The Morgan fingerprint density at radius 1 is 1.47 bits per heavy atom. The quantitative estimate of drug-likeness (QED) is 0.574. The van der Waals surface area contributed by atoms with Crippen LogP contribution in [0, 0.1) is 0 Å². The van der Waals surface area contributed by atoms with Crippen molar-refractivity contribution in [3.63, 3.8) is 0 Å². The topological polar surface area (TPSA) is 29.9 Å². The van der Waals surface area contributed by atoms with E-state index >= 15 is 0 Å². The van der Waals surface area contributed by atoms with Gasteiger partial charge < -0.3 is 5.32 Å². The zero-order valence-electron chi connectivity index (χ0n) is 9.59. The molecular formula is C11H20ClN3. The molecule has 0 unspecified atom stereocenters. The van der Waals surface area contributed by atoms with Crippen LogP contribution in [0.15, 0.2) is 6.07 Å². The number of aromatic nitrogens is 2. The Kier molecular flexibility index (Phi) is 5.73. The maximum absolute atomic E-state index is 5.61. The van der Waals surface area contributed by atoms with Gasteiger partial charge in [-0.2, -0.15) is 5.10 Å². The number of aryl methyl sites for hydroxylation is 2. The SMILES string of the molecule is CCc1cc(CNCCCCl)n(CC)n1. The van der Waals surface area contributed by atoms with E-state index in [0.29, 0.717) is 0 Å². The van der Waals surface area contributed by atoms with Crippen LogP contribution in [0.2, 0.25) is 0 Å². The van der Waals surface area contributed by atoms with E-state index in [1.165, 1.54) is 11.4 Å². The average molecular weight is 230 g/mol. The van der Waals surface area contributed by atoms with Crippen molar-refractivity contribution in [2.75, 3.05) is 12.4 Å². The van der Waals surface area contributed by atoms with Crippen LogP contribution >= 0.6 is 11.6 Å². The summed E-state index contributed by atoms with van der Waals surface area (Å²) in [5.74, 6) is 0.722. The largest absolute Gasteiger partial charge is 0.311 e. The fourth-order valence-electron chi connectivity index (χ4n) is 1.51. The Morgan fingerprint density at radius 3 is 2.87 bits per heavy atom. The minimum atomic E-state index is 0.722. The van der Waals surface area contributed by atoms with Gasteiger partial charge in [-0.1, -0.05) is 6.92 Å². The van der Waals surface area contributed by atoms with Crippen LogP contribution in [-0.2, 0) is 19.5 Å². The van der Waals surface area contributed by atoms with Gasteiger partial charge in [-0.3, -0.25) is 4.68 Å². The first kappa shape index (κ1) is 12.5. The smallest absolute Gasteiger partial charge is 0.0625 e. The first-order valence-corrected chi connectivity index (χ1v) is 6.17. The number of hydrogen-bond donors (Lipinski definition) is 1. The van der Waals surface area contributed by atoms with Crippen molar-refractivity contribution >= 4 is 11.6 Å². The van der Waals surface area contributed by atoms with Crippen LogP contribution in [0.25, 0.3) is 0 Å². The molecule has 0 radical (unpaired) electrons. The normalized spacial score (nSPS) is 10.9. The molecule has 0 bridgehead atoms. The van der Waals surface area contributed by atoms with Gasteiger partial charge in [0, 0.05) is 19.0 Å². The van der Waals surface area contributed by atoms with Gasteiger partial charge in [-0.15, -0.1) is 11.6 Å². The molecule has 0 spiro atoms. The highest BCUT2D eigenvalue weighted by atomic mass is 35.5.